The summed E-state index contributed by atoms with van der Waals surface area (Å²) in [6, 6.07) is 0. The molecule has 3 nitrogen and oxygen atoms in total. The first-order valence-electron chi connectivity index (χ1n) is 5.48. The van der Waals surface area contributed by atoms with Gasteiger partial charge in [0.25, 0.3) is 0 Å². The second-order valence-electron chi connectivity index (χ2n) is 3.83. The summed E-state index contributed by atoms with van der Waals surface area (Å²) in [6.07, 6.45) is 8.17. The Labute approximate surface area is 85.9 Å². The van der Waals surface area contributed by atoms with Crippen molar-refractivity contribution in [3.8, 4) is 0 Å². The lowest BCUT2D eigenvalue weighted by Gasteiger charge is -2.34. The molecule has 0 spiro atoms. The van der Waals surface area contributed by atoms with E-state index in [2.05, 4.69) is 40.8 Å². The Hall–Kier alpha value is -0.800. The molecule has 3 heteroatoms. The molecule has 1 saturated heterocycles. The lowest BCUT2D eigenvalue weighted by molar-refractivity contribution is 0.186. The summed E-state index contributed by atoms with van der Waals surface area (Å²) in [5, 5.41) is 6.80. The third-order valence-electron chi connectivity index (χ3n) is 2.89. The molecular formula is C11H19N3. The normalized spacial score (nSPS) is 28.4. The fourth-order valence-electron chi connectivity index (χ4n) is 1.92. The highest BCUT2D eigenvalue weighted by molar-refractivity contribution is 5.23. The molecule has 0 bridgehead atoms. The first-order chi connectivity index (χ1) is 6.90. The van der Waals surface area contributed by atoms with Crippen molar-refractivity contribution in [1.82, 2.24) is 15.5 Å². The van der Waals surface area contributed by atoms with Gasteiger partial charge in [-0.05, 0) is 18.1 Å². The Kier molecular flexibility index (Phi) is 3.22. The van der Waals surface area contributed by atoms with Gasteiger partial charge in [-0.1, -0.05) is 13.0 Å². The molecule has 0 aromatic carbocycles. The maximum Gasteiger partial charge on any atom is 0.0985 e. The van der Waals surface area contributed by atoms with Crippen molar-refractivity contribution in [2.75, 3.05) is 26.2 Å². The van der Waals surface area contributed by atoms with Crippen LogP contribution in [0.1, 0.15) is 13.3 Å². The molecule has 2 N–H and O–H groups in total. The van der Waals surface area contributed by atoms with Crippen molar-refractivity contribution in [3.63, 3.8) is 0 Å². The third kappa shape index (κ3) is 2.16. The summed E-state index contributed by atoms with van der Waals surface area (Å²) >= 11 is 0. The minimum atomic E-state index is 0.410. The number of piperazine rings is 1. The van der Waals surface area contributed by atoms with Crippen LogP contribution in [0.2, 0.25) is 0 Å². The van der Waals surface area contributed by atoms with Crippen LogP contribution in [0.3, 0.4) is 0 Å². The molecule has 14 heavy (non-hydrogen) atoms. The van der Waals surface area contributed by atoms with Crippen LogP contribution in [-0.2, 0) is 0 Å². The highest BCUT2D eigenvalue weighted by Gasteiger charge is 2.18. The van der Waals surface area contributed by atoms with Gasteiger partial charge in [-0.2, -0.15) is 0 Å². The SMILES string of the molecule is CCC1=CNC(N2CCNCC2)C=C1. The highest BCUT2D eigenvalue weighted by atomic mass is 15.3. The zero-order valence-electron chi connectivity index (χ0n) is 8.79. The van der Waals surface area contributed by atoms with Crippen LogP contribution >= 0.6 is 0 Å². The first-order valence-corrected chi connectivity index (χ1v) is 5.48. The van der Waals surface area contributed by atoms with Crippen LogP contribution < -0.4 is 10.6 Å². The van der Waals surface area contributed by atoms with Crippen molar-refractivity contribution >= 4 is 0 Å². The van der Waals surface area contributed by atoms with E-state index in [4.69, 9.17) is 0 Å². The van der Waals surface area contributed by atoms with Gasteiger partial charge in [0.2, 0.25) is 0 Å². The number of nitrogens with one attached hydrogen (secondary N) is 2. The molecule has 0 aliphatic carbocycles. The quantitative estimate of drug-likeness (QED) is 0.675. The zero-order chi connectivity index (χ0) is 9.80. The number of allylic oxidation sites excluding steroid dienone is 2. The van der Waals surface area contributed by atoms with E-state index in [1.807, 2.05) is 0 Å². The van der Waals surface area contributed by atoms with E-state index >= 15 is 0 Å². The maximum atomic E-state index is 3.44. The van der Waals surface area contributed by atoms with Gasteiger partial charge in [-0.25, -0.2) is 0 Å². The second-order valence-corrected chi connectivity index (χ2v) is 3.83. The van der Waals surface area contributed by atoms with Crippen molar-refractivity contribution in [2.45, 2.75) is 19.5 Å². The Morgan fingerprint density at radius 2 is 2.21 bits per heavy atom. The molecule has 2 aliphatic rings. The summed E-state index contributed by atoms with van der Waals surface area (Å²) in [5.74, 6) is 0. The number of hydrogen-bond acceptors (Lipinski definition) is 3. The van der Waals surface area contributed by atoms with Crippen LogP contribution in [0.25, 0.3) is 0 Å². The zero-order valence-corrected chi connectivity index (χ0v) is 8.79. The number of nitrogens with zero attached hydrogens (tertiary/aromatic N) is 1. The molecule has 2 heterocycles. The van der Waals surface area contributed by atoms with E-state index in [1.54, 1.807) is 0 Å². The fraction of sp³-hybridized carbons (Fsp3) is 0.636. The predicted molar refractivity (Wildman–Crippen MR) is 58.9 cm³/mol. The largest absolute Gasteiger partial charge is 0.372 e. The van der Waals surface area contributed by atoms with Gasteiger partial charge >= 0.3 is 0 Å². The van der Waals surface area contributed by atoms with Gasteiger partial charge in [0.15, 0.2) is 0 Å². The van der Waals surface area contributed by atoms with Crippen LogP contribution in [0.5, 0.6) is 0 Å². The van der Waals surface area contributed by atoms with Gasteiger partial charge < -0.3 is 10.6 Å². The summed E-state index contributed by atoms with van der Waals surface area (Å²) in [7, 11) is 0. The molecule has 78 valence electrons. The lowest BCUT2D eigenvalue weighted by Crippen LogP contribution is -2.52. The number of dihydropyridines is 1. The van der Waals surface area contributed by atoms with Crippen molar-refractivity contribution in [1.29, 1.82) is 0 Å². The molecule has 2 rings (SSSR count). The minimum absolute atomic E-state index is 0.410. The maximum absolute atomic E-state index is 3.44. The summed E-state index contributed by atoms with van der Waals surface area (Å²) in [6.45, 7) is 6.67. The van der Waals surface area contributed by atoms with Crippen LogP contribution in [0.15, 0.2) is 23.9 Å². The standard InChI is InChI=1S/C11H19N3/c1-2-10-3-4-11(13-9-10)14-7-5-12-6-8-14/h3-4,9,11-13H,2,5-8H2,1H3. The summed E-state index contributed by atoms with van der Waals surface area (Å²) in [5.41, 5.74) is 1.39. The number of rotatable bonds is 2. The highest BCUT2D eigenvalue weighted by Crippen LogP contribution is 2.10. The Bertz CT molecular complexity index is 239. The molecule has 1 unspecified atom stereocenters. The van der Waals surface area contributed by atoms with E-state index in [-0.39, 0.29) is 0 Å². The van der Waals surface area contributed by atoms with Crippen molar-refractivity contribution in [3.05, 3.63) is 23.9 Å². The predicted octanol–water partition coefficient (Wildman–Crippen LogP) is 0.671. The summed E-state index contributed by atoms with van der Waals surface area (Å²) < 4.78 is 0. The van der Waals surface area contributed by atoms with Gasteiger partial charge in [0.1, 0.15) is 0 Å². The molecule has 1 atom stereocenters. The van der Waals surface area contributed by atoms with Crippen LogP contribution in [0, 0.1) is 0 Å². The molecular weight excluding hydrogens is 174 g/mol. The molecule has 0 amide bonds. The molecule has 0 saturated carbocycles. The van der Waals surface area contributed by atoms with Gasteiger partial charge in [0, 0.05) is 32.4 Å². The van der Waals surface area contributed by atoms with Gasteiger partial charge in [-0.3, -0.25) is 4.90 Å². The van der Waals surface area contributed by atoms with E-state index in [0.717, 1.165) is 32.6 Å². The van der Waals surface area contributed by atoms with E-state index in [0.29, 0.717) is 6.17 Å². The topological polar surface area (TPSA) is 27.3 Å². The Morgan fingerprint density at radius 3 is 2.79 bits per heavy atom. The van der Waals surface area contributed by atoms with Crippen LogP contribution in [-0.4, -0.2) is 37.2 Å². The van der Waals surface area contributed by atoms with Crippen molar-refractivity contribution in [2.24, 2.45) is 0 Å². The summed E-state index contributed by atoms with van der Waals surface area (Å²) in [4.78, 5) is 2.47. The average molecular weight is 193 g/mol. The van der Waals surface area contributed by atoms with Gasteiger partial charge in [-0.15, -0.1) is 0 Å². The smallest absolute Gasteiger partial charge is 0.0985 e. The average Bonchev–Trinajstić information content (AvgIpc) is 2.30. The van der Waals surface area contributed by atoms with Crippen molar-refractivity contribution < 1.29 is 0 Å². The fourth-order valence-corrected chi connectivity index (χ4v) is 1.92. The van der Waals surface area contributed by atoms with E-state index < -0.39 is 0 Å². The number of hydrogen-bond donors (Lipinski definition) is 2. The van der Waals surface area contributed by atoms with E-state index in [9.17, 15) is 0 Å². The Morgan fingerprint density at radius 1 is 1.43 bits per heavy atom. The first kappa shape index (κ1) is 9.74. The second kappa shape index (κ2) is 4.62. The minimum Gasteiger partial charge on any atom is -0.372 e. The molecule has 1 fully saturated rings. The monoisotopic (exact) mass is 193 g/mol. The third-order valence-corrected chi connectivity index (χ3v) is 2.89. The van der Waals surface area contributed by atoms with Crippen LogP contribution in [0.4, 0.5) is 0 Å². The molecule has 0 aromatic rings. The van der Waals surface area contributed by atoms with Gasteiger partial charge in [0.05, 0.1) is 6.17 Å². The lowest BCUT2D eigenvalue weighted by atomic mass is 10.1. The Balaban J connectivity index is 1.89. The molecule has 0 radical (unpaired) electrons. The molecule has 2 aliphatic heterocycles. The van der Waals surface area contributed by atoms with E-state index in [1.165, 1.54) is 5.57 Å². The molecule has 0 aromatic heterocycles.